The Morgan fingerprint density at radius 1 is 1.07 bits per heavy atom. The largest absolute Gasteiger partial charge is 0.484 e. The van der Waals surface area contributed by atoms with Crippen molar-refractivity contribution in [1.29, 1.82) is 0 Å². The van der Waals surface area contributed by atoms with Crippen molar-refractivity contribution >= 4 is 23.4 Å². The van der Waals surface area contributed by atoms with Gasteiger partial charge in [0.2, 0.25) is 5.91 Å². The number of rotatable bonds is 10. The summed E-state index contributed by atoms with van der Waals surface area (Å²) < 4.78 is 18.9. The molecule has 0 saturated carbocycles. The Morgan fingerprint density at radius 2 is 1.70 bits per heavy atom. The summed E-state index contributed by atoms with van der Waals surface area (Å²) in [6, 6.07) is 11.9. The first-order valence-electron chi connectivity index (χ1n) is 10.1. The van der Waals surface area contributed by atoms with E-state index in [0.717, 1.165) is 12.0 Å². The monoisotopic (exact) mass is 434 g/mol. The number of benzene rings is 2. The van der Waals surface area contributed by atoms with Gasteiger partial charge in [0.05, 0.1) is 0 Å². The number of hydrogen-bond acceptors (Lipinski definition) is 3. The maximum absolute atomic E-state index is 13.3. The number of carbonyl (C=O) groups excluding carboxylic acids is 2. The number of hydrogen-bond donors (Lipinski definition) is 1. The zero-order chi connectivity index (χ0) is 22.1. The lowest BCUT2D eigenvalue weighted by molar-refractivity contribution is -0.143. The van der Waals surface area contributed by atoms with Crippen molar-refractivity contribution in [3.63, 3.8) is 0 Å². The Morgan fingerprint density at radius 3 is 2.27 bits per heavy atom. The molecule has 0 aliphatic heterocycles. The van der Waals surface area contributed by atoms with E-state index in [2.05, 4.69) is 5.32 Å². The number of carbonyl (C=O) groups is 2. The Labute approximate surface area is 182 Å². The molecule has 0 bridgehead atoms. The molecule has 30 heavy (non-hydrogen) atoms. The van der Waals surface area contributed by atoms with Gasteiger partial charge in [-0.3, -0.25) is 9.59 Å². The van der Waals surface area contributed by atoms with Crippen molar-refractivity contribution in [3.8, 4) is 5.75 Å². The highest BCUT2D eigenvalue weighted by Gasteiger charge is 2.29. The second-order valence-electron chi connectivity index (χ2n) is 7.13. The first-order chi connectivity index (χ1) is 14.3. The first-order valence-corrected chi connectivity index (χ1v) is 10.4. The number of halogens is 2. The molecule has 0 aliphatic rings. The molecule has 0 saturated heterocycles. The lowest BCUT2D eigenvalue weighted by Gasteiger charge is -2.31. The van der Waals surface area contributed by atoms with E-state index in [1.807, 2.05) is 20.8 Å². The van der Waals surface area contributed by atoms with Crippen LogP contribution >= 0.6 is 11.6 Å². The average Bonchev–Trinajstić information content (AvgIpc) is 2.74. The fraction of sp³-hybridized carbons (Fsp3) is 0.391. The van der Waals surface area contributed by atoms with E-state index in [1.165, 1.54) is 17.0 Å². The van der Waals surface area contributed by atoms with E-state index in [1.54, 1.807) is 36.4 Å². The van der Waals surface area contributed by atoms with Gasteiger partial charge in [-0.15, -0.1) is 0 Å². The van der Waals surface area contributed by atoms with E-state index >= 15 is 0 Å². The zero-order valence-electron chi connectivity index (χ0n) is 17.5. The van der Waals surface area contributed by atoms with Crippen LogP contribution in [0.2, 0.25) is 5.02 Å². The van der Waals surface area contributed by atoms with Crippen molar-refractivity contribution in [2.75, 3.05) is 6.61 Å². The van der Waals surface area contributed by atoms with Crippen LogP contribution in [0.25, 0.3) is 0 Å². The Balaban J connectivity index is 2.19. The van der Waals surface area contributed by atoms with Crippen molar-refractivity contribution in [1.82, 2.24) is 10.2 Å². The normalized spacial score (nSPS) is 12.7. The smallest absolute Gasteiger partial charge is 0.261 e. The molecule has 0 aromatic heterocycles. The minimum absolute atomic E-state index is 0.000333. The van der Waals surface area contributed by atoms with Gasteiger partial charge >= 0.3 is 0 Å². The summed E-state index contributed by atoms with van der Waals surface area (Å²) in [5.74, 6) is -0.398. The van der Waals surface area contributed by atoms with Crippen LogP contribution < -0.4 is 10.1 Å². The molecule has 2 amide bonds. The first kappa shape index (κ1) is 23.7. The summed E-state index contributed by atoms with van der Waals surface area (Å²) in [5, 5.41) is 3.51. The third kappa shape index (κ3) is 7.02. The summed E-state index contributed by atoms with van der Waals surface area (Å²) in [5.41, 5.74) is 0.728. The molecule has 1 N–H and O–H groups in total. The van der Waals surface area contributed by atoms with Crippen LogP contribution in [0, 0.1) is 5.82 Å². The molecule has 2 aromatic carbocycles. The predicted molar refractivity (Wildman–Crippen MR) is 116 cm³/mol. The quantitative estimate of drug-likeness (QED) is 0.595. The number of nitrogens with zero attached hydrogens (tertiary/aromatic N) is 1. The summed E-state index contributed by atoms with van der Waals surface area (Å²) >= 11 is 5.87. The summed E-state index contributed by atoms with van der Waals surface area (Å²) in [7, 11) is 0. The van der Waals surface area contributed by atoms with Gasteiger partial charge in [0, 0.05) is 17.6 Å². The molecule has 0 aliphatic carbocycles. The number of ether oxygens (including phenoxy) is 1. The van der Waals surface area contributed by atoms with Crippen molar-refractivity contribution < 1.29 is 18.7 Å². The molecule has 2 aromatic rings. The summed E-state index contributed by atoms with van der Waals surface area (Å²) in [6.45, 7) is 5.70. The maximum atomic E-state index is 13.3. The molecular weight excluding hydrogens is 407 g/mol. The van der Waals surface area contributed by atoms with Crippen LogP contribution in [-0.4, -0.2) is 35.4 Å². The van der Waals surface area contributed by atoms with E-state index in [-0.39, 0.29) is 36.8 Å². The SMILES string of the molecule is CC[C@@H](C)NC(=O)[C@@H](CC)N(Cc1ccc(F)cc1)C(=O)COc1ccc(Cl)cc1. The standard InChI is InChI=1S/C23H28ClFN2O3/c1-4-16(3)26-23(29)21(5-2)27(14-17-6-10-19(25)11-7-17)22(28)15-30-20-12-8-18(24)9-13-20/h6-13,16,21H,4-5,14-15H2,1-3H3,(H,26,29)/t16-,21-/m1/s1. The van der Waals surface area contributed by atoms with Crippen LogP contribution in [0.3, 0.4) is 0 Å². The molecular formula is C23H28ClFN2O3. The van der Waals surface area contributed by atoms with Gasteiger partial charge < -0.3 is 15.0 Å². The van der Waals surface area contributed by atoms with Gasteiger partial charge in [0.25, 0.3) is 5.91 Å². The van der Waals surface area contributed by atoms with Crippen LogP contribution in [-0.2, 0) is 16.1 Å². The molecule has 7 heteroatoms. The lowest BCUT2D eigenvalue weighted by Crippen LogP contribution is -2.51. The predicted octanol–water partition coefficient (Wildman–Crippen LogP) is 4.58. The highest BCUT2D eigenvalue weighted by atomic mass is 35.5. The van der Waals surface area contributed by atoms with E-state index < -0.39 is 6.04 Å². The summed E-state index contributed by atoms with van der Waals surface area (Å²) in [6.07, 6.45) is 1.23. The topological polar surface area (TPSA) is 58.6 Å². The molecule has 0 heterocycles. The average molecular weight is 435 g/mol. The minimum atomic E-state index is -0.662. The van der Waals surface area contributed by atoms with Gasteiger partial charge in [0.1, 0.15) is 17.6 Å². The lowest BCUT2D eigenvalue weighted by atomic mass is 10.1. The minimum Gasteiger partial charge on any atom is -0.484 e. The molecule has 0 spiro atoms. The van der Waals surface area contributed by atoms with Crippen molar-refractivity contribution in [2.24, 2.45) is 0 Å². The second kappa shape index (κ2) is 11.6. The van der Waals surface area contributed by atoms with Gasteiger partial charge in [-0.05, 0) is 61.7 Å². The maximum Gasteiger partial charge on any atom is 0.261 e. The molecule has 0 unspecified atom stereocenters. The van der Waals surface area contributed by atoms with Crippen LogP contribution in [0.5, 0.6) is 5.75 Å². The number of nitrogens with one attached hydrogen (secondary N) is 1. The van der Waals surface area contributed by atoms with Crippen LogP contribution in [0.1, 0.15) is 39.2 Å². The van der Waals surface area contributed by atoms with Gasteiger partial charge in [-0.2, -0.15) is 0 Å². The molecule has 162 valence electrons. The molecule has 0 fully saturated rings. The van der Waals surface area contributed by atoms with Crippen molar-refractivity contribution in [3.05, 3.63) is 64.9 Å². The zero-order valence-corrected chi connectivity index (χ0v) is 18.3. The fourth-order valence-electron chi connectivity index (χ4n) is 2.91. The van der Waals surface area contributed by atoms with E-state index in [9.17, 15) is 14.0 Å². The number of amides is 2. The highest BCUT2D eigenvalue weighted by Crippen LogP contribution is 2.17. The van der Waals surface area contributed by atoms with Crippen molar-refractivity contribution in [2.45, 2.75) is 52.2 Å². The third-order valence-electron chi connectivity index (χ3n) is 4.83. The Bertz CT molecular complexity index is 827. The molecule has 0 radical (unpaired) electrons. The van der Waals surface area contributed by atoms with Crippen LogP contribution in [0.4, 0.5) is 4.39 Å². The summed E-state index contributed by atoms with van der Waals surface area (Å²) in [4.78, 5) is 27.3. The second-order valence-corrected chi connectivity index (χ2v) is 7.57. The molecule has 5 nitrogen and oxygen atoms in total. The van der Waals surface area contributed by atoms with Gasteiger partial charge in [-0.25, -0.2) is 4.39 Å². The molecule has 2 atom stereocenters. The van der Waals surface area contributed by atoms with E-state index in [0.29, 0.717) is 17.2 Å². The molecule has 2 rings (SSSR count). The highest BCUT2D eigenvalue weighted by molar-refractivity contribution is 6.30. The van der Waals surface area contributed by atoms with Crippen LogP contribution in [0.15, 0.2) is 48.5 Å². The van der Waals surface area contributed by atoms with Gasteiger partial charge in [0.15, 0.2) is 6.61 Å². The fourth-order valence-corrected chi connectivity index (χ4v) is 3.03. The Kier molecular flexibility index (Phi) is 9.12. The van der Waals surface area contributed by atoms with E-state index in [4.69, 9.17) is 16.3 Å². The Hall–Kier alpha value is -2.60. The third-order valence-corrected chi connectivity index (χ3v) is 5.08. The van der Waals surface area contributed by atoms with Gasteiger partial charge in [-0.1, -0.05) is 37.6 Å².